The Labute approximate surface area is 158 Å². The molecule has 1 fully saturated rings. The summed E-state index contributed by atoms with van der Waals surface area (Å²) >= 11 is 1.65. The maximum absolute atomic E-state index is 12.3. The number of hydrogen-bond acceptors (Lipinski definition) is 5. The summed E-state index contributed by atoms with van der Waals surface area (Å²) in [4.78, 5) is 34.2. The van der Waals surface area contributed by atoms with Gasteiger partial charge in [0.25, 0.3) is 5.91 Å². The van der Waals surface area contributed by atoms with Gasteiger partial charge in [0.05, 0.1) is 10.7 Å². The summed E-state index contributed by atoms with van der Waals surface area (Å²) in [5.41, 5.74) is 0.309. The Kier molecular flexibility index (Phi) is 6.96. The van der Waals surface area contributed by atoms with Crippen LogP contribution in [0.25, 0.3) is 0 Å². The first-order chi connectivity index (χ1) is 12.4. The fraction of sp³-hybridized carbons (Fsp3) is 0.647. The van der Waals surface area contributed by atoms with E-state index in [9.17, 15) is 9.59 Å². The maximum Gasteiger partial charge on any atom is 0.325 e. The Bertz CT molecular complexity index is 674. The number of hydrogen-bond donors (Lipinski definition) is 3. The molecule has 3 amide bonds. The lowest BCUT2D eigenvalue weighted by molar-refractivity contribution is -0.130. The quantitative estimate of drug-likeness (QED) is 0.273. The van der Waals surface area contributed by atoms with Gasteiger partial charge in [0.15, 0.2) is 5.96 Å². The summed E-state index contributed by atoms with van der Waals surface area (Å²) in [5, 5.41) is 12.3. The van der Waals surface area contributed by atoms with Crippen molar-refractivity contribution in [1.29, 1.82) is 0 Å². The third kappa shape index (κ3) is 4.94. The SMILES string of the molecule is CCC1(C)NC(=O)N(CCCNC(=NC)NCCc2csc(C)n2)C1=O. The van der Waals surface area contributed by atoms with Crippen molar-refractivity contribution in [1.82, 2.24) is 25.8 Å². The Morgan fingerprint density at radius 2 is 2.12 bits per heavy atom. The van der Waals surface area contributed by atoms with Crippen molar-refractivity contribution in [3.05, 3.63) is 16.1 Å². The van der Waals surface area contributed by atoms with Crippen LogP contribution in [0.15, 0.2) is 10.4 Å². The van der Waals surface area contributed by atoms with Crippen LogP contribution in [0.4, 0.5) is 4.79 Å². The summed E-state index contributed by atoms with van der Waals surface area (Å²) in [6.45, 7) is 7.41. The predicted octanol–water partition coefficient (Wildman–Crippen LogP) is 1.27. The van der Waals surface area contributed by atoms with Crippen molar-refractivity contribution in [2.75, 3.05) is 26.7 Å². The van der Waals surface area contributed by atoms with Gasteiger partial charge in [-0.1, -0.05) is 6.92 Å². The summed E-state index contributed by atoms with van der Waals surface area (Å²) in [5.74, 6) is 0.554. The second kappa shape index (κ2) is 8.98. The first-order valence-electron chi connectivity index (χ1n) is 8.89. The monoisotopic (exact) mass is 380 g/mol. The Morgan fingerprint density at radius 3 is 2.69 bits per heavy atom. The van der Waals surface area contributed by atoms with E-state index in [-0.39, 0.29) is 11.9 Å². The first-order valence-corrected chi connectivity index (χ1v) is 9.77. The molecule has 2 rings (SSSR count). The van der Waals surface area contributed by atoms with Gasteiger partial charge < -0.3 is 16.0 Å². The lowest BCUT2D eigenvalue weighted by Gasteiger charge is -2.19. The summed E-state index contributed by atoms with van der Waals surface area (Å²) < 4.78 is 0. The molecule has 1 aliphatic rings. The van der Waals surface area contributed by atoms with Gasteiger partial charge in [-0.25, -0.2) is 9.78 Å². The second-order valence-electron chi connectivity index (χ2n) is 6.46. The molecule has 9 heteroatoms. The third-order valence-corrected chi connectivity index (χ3v) is 5.29. The van der Waals surface area contributed by atoms with Crippen molar-refractivity contribution in [3.63, 3.8) is 0 Å². The van der Waals surface area contributed by atoms with E-state index in [4.69, 9.17) is 0 Å². The van der Waals surface area contributed by atoms with Gasteiger partial charge >= 0.3 is 6.03 Å². The number of aliphatic imine (C=N–C) groups is 1. The van der Waals surface area contributed by atoms with Crippen LogP contribution in [0.2, 0.25) is 0 Å². The molecule has 1 saturated heterocycles. The number of thiazole rings is 1. The minimum atomic E-state index is -0.768. The molecule has 8 nitrogen and oxygen atoms in total. The van der Waals surface area contributed by atoms with Crippen LogP contribution in [0.1, 0.15) is 37.4 Å². The molecule has 1 unspecified atom stereocenters. The van der Waals surface area contributed by atoms with Crippen molar-refractivity contribution < 1.29 is 9.59 Å². The summed E-state index contributed by atoms with van der Waals surface area (Å²) in [6.07, 6.45) is 2.08. The van der Waals surface area contributed by atoms with Gasteiger partial charge in [-0.2, -0.15) is 0 Å². The van der Waals surface area contributed by atoms with Crippen LogP contribution in [0.5, 0.6) is 0 Å². The van der Waals surface area contributed by atoms with E-state index in [1.165, 1.54) is 4.90 Å². The molecule has 26 heavy (non-hydrogen) atoms. The number of aryl methyl sites for hydroxylation is 1. The maximum atomic E-state index is 12.3. The molecular weight excluding hydrogens is 352 g/mol. The van der Waals surface area contributed by atoms with Crippen molar-refractivity contribution in [2.24, 2.45) is 4.99 Å². The number of urea groups is 1. The lowest BCUT2D eigenvalue weighted by Crippen LogP contribution is -2.43. The van der Waals surface area contributed by atoms with Crippen molar-refractivity contribution >= 4 is 29.2 Å². The van der Waals surface area contributed by atoms with Crippen molar-refractivity contribution in [2.45, 2.75) is 45.6 Å². The van der Waals surface area contributed by atoms with Crippen LogP contribution in [0, 0.1) is 6.92 Å². The summed E-state index contributed by atoms with van der Waals surface area (Å²) in [7, 11) is 1.71. The number of imide groups is 1. The van der Waals surface area contributed by atoms with Crippen LogP contribution in [-0.4, -0.2) is 60.0 Å². The van der Waals surface area contributed by atoms with E-state index in [1.807, 2.05) is 13.8 Å². The Hall–Kier alpha value is -2.16. The van der Waals surface area contributed by atoms with E-state index in [2.05, 4.69) is 31.3 Å². The fourth-order valence-corrected chi connectivity index (χ4v) is 3.33. The smallest absolute Gasteiger partial charge is 0.325 e. The molecule has 1 atom stereocenters. The third-order valence-electron chi connectivity index (χ3n) is 4.47. The number of carbonyl (C=O) groups is 2. The molecule has 0 spiro atoms. The topological polar surface area (TPSA) is 98.7 Å². The average Bonchev–Trinajstić information content (AvgIpc) is 3.12. The van der Waals surface area contributed by atoms with E-state index < -0.39 is 5.54 Å². The molecular formula is C17H28N6O2S. The Morgan fingerprint density at radius 1 is 1.38 bits per heavy atom. The highest BCUT2D eigenvalue weighted by molar-refractivity contribution is 7.09. The number of guanidine groups is 1. The highest BCUT2D eigenvalue weighted by atomic mass is 32.1. The molecule has 0 radical (unpaired) electrons. The molecule has 3 N–H and O–H groups in total. The molecule has 0 saturated carbocycles. The zero-order valence-electron chi connectivity index (χ0n) is 15.9. The second-order valence-corrected chi connectivity index (χ2v) is 7.52. The number of nitrogens with one attached hydrogen (secondary N) is 3. The minimum absolute atomic E-state index is 0.147. The zero-order chi connectivity index (χ0) is 19.2. The van der Waals surface area contributed by atoms with Gasteiger partial charge in [-0.15, -0.1) is 11.3 Å². The largest absolute Gasteiger partial charge is 0.356 e. The van der Waals surface area contributed by atoms with E-state index in [0.29, 0.717) is 31.9 Å². The Balaban J connectivity index is 1.68. The average molecular weight is 381 g/mol. The molecule has 0 bridgehead atoms. The lowest BCUT2D eigenvalue weighted by atomic mass is 9.99. The number of amides is 3. The number of nitrogens with zero attached hydrogens (tertiary/aromatic N) is 3. The number of aromatic nitrogens is 1. The van der Waals surface area contributed by atoms with Gasteiger partial charge in [-0.05, 0) is 26.7 Å². The zero-order valence-corrected chi connectivity index (χ0v) is 16.7. The van der Waals surface area contributed by atoms with Gasteiger partial charge in [0, 0.05) is 38.5 Å². The van der Waals surface area contributed by atoms with Crippen LogP contribution >= 0.6 is 11.3 Å². The van der Waals surface area contributed by atoms with Crippen LogP contribution < -0.4 is 16.0 Å². The molecule has 144 valence electrons. The molecule has 1 aromatic rings. The van der Waals surface area contributed by atoms with E-state index in [0.717, 1.165) is 23.7 Å². The number of carbonyl (C=O) groups excluding carboxylic acids is 2. The number of rotatable bonds is 8. The van der Waals surface area contributed by atoms with Crippen molar-refractivity contribution in [3.8, 4) is 0 Å². The van der Waals surface area contributed by atoms with Gasteiger partial charge in [0.1, 0.15) is 5.54 Å². The molecule has 0 aromatic carbocycles. The van der Waals surface area contributed by atoms with Crippen LogP contribution in [0.3, 0.4) is 0 Å². The standard InChI is InChI=1S/C17H28N6O2S/c1-5-17(3)14(24)23(16(25)22-17)10-6-8-19-15(18-4)20-9-7-13-11-26-12(2)21-13/h11H,5-10H2,1-4H3,(H,22,25)(H2,18,19,20). The molecule has 2 heterocycles. The predicted molar refractivity (Wildman–Crippen MR) is 103 cm³/mol. The van der Waals surface area contributed by atoms with Crippen LogP contribution in [-0.2, 0) is 11.2 Å². The van der Waals surface area contributed by atoms with Gasteiger partial charge in [0.2, 0.25) is 0 Å². The van der Waals surface area contributed by atoms with E-state index in [1.54, 1.807) is 25.3 Å². The van der Waals surface area contributed by atoms with E-state index >= 15 is 0 Å². The summed E-state index contributed by atoms with van der Waals surface area (Å²) in [6, 6.07) is -0.305. The molecule has 1 aliphatic heterocycles. The fourth-order valence-electron chi connectivity index (χ4n) is 2.69. The first kappa shape index (κ1) is 20.2. The normalized spacial score (nSPS) is 20.5. The van der Waals surface area contributed by atoms with Gasteiger partial charge in [-0.3, -0.25) is 14.7 Å². The molecule has 0 aliphatic carbocycles. The minimum Gasteiger partial charge on any atom is -0.356 e. The highest BCUT2D eigenvalue weighted by Crippen LogP contribution is 2.20. The molecule has 1 aromatic heterocycles. The highest BCUT2D eigenvalue weighted by Gasteiger charge is 2.45.